The third-order valence-electron chi connectivity index (χ3n) is 2.81. The standard InChI is InChI=1S/C14H14F2N2O/c1-8-3-4-12(10(15)5-8)18-13-7-17-6-11(16)14(13)9(2)19/h3-6,17-18H,7H2,1-2H3. The minimum atomic E-state index is -0.645. The van der Waals surface area contributed by atoms with E-state index in [1.54, 1.807) is 19.1 Å². The number of dihydropyridines is 1. The first kappa shape index (κ1) is 13.3. The van der Waals surface area contributed by atoms with Crippen LogP contribution in [0, 0.1) is 12.7 Å². The number of nitrogens with one attached hydrogen (secondary N) is 2. The van der Waals surface area contributed by atoms with Gasteiger partial charge in [0.2, 0.25) is 0 Å². The lowest BCUT2D eigenvalue weighted by Crippen LogP contribution is -2.25. The van der Waals surface area contributed by atoms with Crippen LogP contribution in [-0.4, -0.2) is 12.3 Å². The van der Waals surface area contributed by atoms with Gasteiger partial charge in [-0.2, -0.15) is 0 Å². The summed E-state index contributed by atoms with van der Waals surface area (Å²) in [7, 11) is 0. The van der Waals surface area contributed by atoms with Gasteiger partial charge >= 0.3 is 0 Å². The van der Waals surface area contributed by atoms with Gasteiger partial charge in [0.15, 0.2) is 11.6 Å². The van der Waals surface area contributed by atoms with Gasteiger partial charge in [0, 0.05) is 11.9 Å². The second-order valence-electron chi connectivity index (χ2n) is 4.39. The average molecular weight is 264 g/mol. The zero-order chi connectivity index (χ0) is 14.0. The van der Waals surface area contributed by atoms with Crippen LogP contribution in [0.15, 0.2) is 41.5 Å². The Kier molecular flexibility index (Phi) is 3.64. The smallest absolute Gasteiger partial charge is 0.164 e. The molecular weight excluding hydrogens is 250 g/mol. The number of allylic oxidation sites excluding steroid dienone is 2. The quantitative estimate of drug-likeness (QED) is 0.882. The van der Waals surface area contributed by atoms with Crippen molar-refractivity contribution < 1.29 is 13.6 Å². The van der Waals surface area contributed by atoms with Crippen molar-refractivity contribution >= 4 is 11.5 Å². The van der Waals surface area contributed by atoms with Crippen LogP contribution in [0.3, 0.4) is 0 Å². The lowest BCUT2D eigenvalue weighted by atomic mass is 10.1. The lowest BCUT2D eigenvalue weighted by Gasteiger charge is -2.19. The van der Waals surface area contributed by atoms with E-state index in [9.17, 15) is 13.6 Å². The topological polar surface area (TPSA) is 41.1 Å². The molecule has 3 nitrogen and oxygen atoms in total. The molecule has 0 aliphatic carbocycles. The second-order valence-corrected chi connectivity index (χ2v) is 4.39. The molecule has 5 heteroatoms. The van der Waals surface area contributed by atoms with E-state index in [1.807, 2.05) is 0 Å². The summed E-state index contributed by atoms with van der Waals surface area (Å²) in [5.41, 5.74) is 1.29. The van der Waals surface area contributed by atoms with Crippen LogP contribution in [0.2, 0.25) is 0 Å². The molecule has 1 aromatic carbocycles. The predicted molar refractivity (Wildman–Crippen MR) is 69.7 cm³/mol. The van der Waals surface area contributed by atoms with Crippen molar-refractivity contribution in [3.63, 3.8) is 0 Å². The highest BCUT2D eigenvalue weighted by atomic mass is 19.1. The molecular formula is C14H14F2N2O. The molecule has 0 saturated carbocycles. The molecule has 1 aliphatic heterocycles. The number of carbonyl (C=O) groups is 1. The van der Waals surface area contributed by atoms with Gasteiger partial charge in [-0.1, -0.05) is 6.07 Å². The molecule has 1 aliphatic rings. The molecule has 2 N–H and O–H groups in total. The van der Waals surface area contributed by atoms with Crippen LogP contribution in [-0.2, 0) is 4.79 Å². The maximum atomic E-state index is 13.7. The number of anilines is 1. The molecule has 2 rings (SSSR count). The molecule has 100 valence electrons. The van der Waals surface area contributed by atoms with Gasteiger partial charge in [-0.05, 0) is 31.5 Å². The van der Waals surface area contributed by atoms with Gasteiger partial charge in [0.1, 0.15) is 5.82 Å². The van der Waals surface area contributed by atoms with E-state index in [0.717, 1.165) is 11.8 Å². The molecule has 1 aromatic rings. The molecule has 0 saturated heterocycles. The van der Waals surface area contributed by atoms with E-state index >= 15 is 0 Å². The van der Waals surface area contributed by atoms with Gasteiger partial charge in [0.05, 0.1) is 17.8 Å². The minimum absolute atomic E-state index is 0.0428. The maximum absolute atomic E-state index is 13.7. The van der Waals surface area contributed by atoms with Crippen molar-refractivity contribution in [2.24, 2.45) is 0 Å². The van der Waals surface area contributed by atoms with Gasteiger partial charge in [-0.3, -0.25) is 4.79 Å². The Bertz CT molecular complexity index is 591. The van der Waals surface area contributed by atoms with E-state index < -0.39 is 17.4 Å². The van der Waals surface area contributed by atoms with Crippen molar-refractivity contribution in [1.29, 1.82) is 0 Å². The number of aryl methyl sites for hydroxylation is 1. The van der Waals surface area contributed by atoms with Crippen molar-refractivity contribution in [2.45, 2.75) is 13.8 Å². The van der Waals surface area contributed by atoms with E-state index in [1.165, 1.54) is 13.0 Å². The Balaban J connectivity index is 2.37. The molecule has 0 radical (unpaired) electrons. The van der Waals surface area contributed by atoms with Crippen LogP contribution >= 0.6 is 0 Å². The fourth-order valence-electron chi connectivity index (χ4n) is 1.92. The molecule has 19 heavy (non-hydrogen) atoms. The SMILES string of the molecule is CC(=O)C1=C(Nc2ccc(C)cc2F)CNC=C1F. The maximum Gasteiger partial charge on any atom is 0.164 e. The molecule has 1 heterocycles. The summed E-state index contributed by atoms with van der Waals surface area (Å²) in [6.45, 7) is 3.30. The molecule has 0 fully saturated rings. The summed E-state index contributed by atoms with van der Waals surface area (Å²) in [4.78, 5) is 11.4. The third kappa shape index (κ3) is 2.81. The first-order chi connectivity index (χ1) is 8.99. The van der Waals surface area contributed by atoms with E-state index in [2.05, 4.69) is 10.6 Å². The fourth-order valence-corrected chi connectivity index (χ4v) is 1.92. The van der Waals surface area contributed by atoms with Gasteiger partial charge in [-0.25, -0.2) is 8.78 Å². The van der Waals surface area contributed by atoms with E-state index in [0.29, 0.717) is 5.70 Å². The summed E-state index contributed by atoms with van der Waals surface area (Å²) in [6.07, 6.45) is 1.13. The van der Waals surface area contributed by atoms with Crippen LogP contribution in [0.5, 0.6) is 0 Å². The average Bonchev–Trinajstić information content (AvgIpc) is 2.32. The molecule has 0 bridgehead atoms. The number of Topliss-reactive ketones (excluding diaryl/α,β-unsaturated/α-hetero) is 1. The van der Waals surface area contributed by atoms with Gasteiger partial charge in [-0.15, -0.1) is 0 Å². The van der Waals surface area contributed by atoms with E-state index in [4.69, 9.17) is 0 Å². The first-order valence-corrected chi connectivity index (χ1v) is 5.85. The Morgan fingerprint density at radius 2 is 2.11 bits per heavy atom. The number of carbonyl (C=O) groups excluding carboxylic acids is 1. The molecule has 0 atom stereocenters. The van der Waals surface area contributed by atoms with Crippen LogP contribution in [0.4, 0.5) is 14.5 Å². The second kappa shape index (κ2) is 5.22. The summed E-state index contributed by atoms with van der Waals surface area (Å²) < 4.78 is 27.3. The Labute approximate surface area is 110 Å². The van der Waals surface area contributed by atoms with E-state index in [-0.39, 0.29) is 17.8 Å². The number of hydrogen-bond acceptors (Lipinski definition) is 3. The molecule has 0 unspecified atom stereocenters. The third-order valence-corrected chi connectivity index (χ3v) is 2.81. The van der Waals surface area contributed by atoms with Crippen molar-refractivity contribution in [3.05, 3.63) is 52.9 Å². The molecule has 0 spiro atoms. The Hall–Kier alpha value is -2.17. The van der Waals surface area contributed by atoms with Crippen LogP contribution < -0.4 is 10.6 Å². The predicted octanol–water partition coefficient (Wildman–Crippen LogP) is 2.80. The highest BCUT2D eigenvalue weighted by molar-refractivity contribution is 5.98. The normalized spacial score (nSPS) is 14.8. The number of hydrogen-bond donors (Lipinski definition) is 2. The monoisotopic (exact) mass is 264 g/mol. The molecule has 0 amide bonds. The fraction of sp³-hybridized carbons (Fsp3) is 0.214. The highest BCUT2D eigenvalue weighted by Gasteiger charge is 2.20. The van der Waals surface area contributed by atoms with Crippen LogP contribution in [0.25, 0.3) is 0 Å². The Morgan fingerprint density at radius 1 is 1.37 bits per heavy atom. The zero-order valence-corrected chi connectivity index (χ0v) is 10.7. The molecule has 0 aromatic heterocycles. The number of rotatable bonds is 3. The van der Waals surface area contributed by atoms with Crippen LogP contribution in [0.1, 0.15) is 12.5 Å². The number of halogens is 2. The van der Waals surface area contributed by atoms with Gasteiger partial charge in [0.25, 0.3) is 0 Å². The summed E-state index contributed by atoms with van der Waals surface area (Å²) >= 11 is 0. The first-order valence-electron chi connectivity index (χ1n) is 5.85. The number of ketones is 1. The summed E-state index contributed by atoms with van der Waals surface area (Å²) in [5, 5.41) is 5.47. The van der Waals surface area contributed by atoms with Gasteiger partial charge < -0.3 is 10.6 Å². The largest absolute Gasteiger partial charge is 0.383 e. The van der Waals surface area contributed by atoms with Crippen molar-refractivity contribution in [3.8, 4) is 0 Å². The highest BCUT2D eigenvalue weighted by Crippen LogP contribution is 2.23. The zero-order valence-electron chi connectivity index (χ0n) is 10.7. The summed E-state index contributed by atoms with van der Waals surface area (Å²) in [5.74, 6) is -1.48. The summed E-state index contributed by atoms with van der Waals surface area (Å²) in [6, 6.07) is 4.67. The van der Waals surface area contributed by atoms with Crippen molar-refractivity contribution in [1.82, 2.24) is 5.32 Å². The van der Waals surface area contributed by atoms with Crippen molar-refractivity contribution in [2.75, 3.05) is 11.9 Å². The number of benzene rings is 1. The Morgan fingerprint density at radius 3 is 2.74 bits per heavy atom. The lowest BCUT2D eigenvalue weighted by molar-refractivity contribution is -0.113. The minimum Gasteiger partial charge on any atom is -0.383 e.